The second kappa shape index (κ2) is 9.53. The van der Waals surface area contributed by atoms with Gasteiger partial charge in [-0.05, 0) is 91.6 Å². The number of rotatable bonds is 5. The summed E-state index contributed by atoms with van der Waals surface area (Å²) in [5, 5.41) is 8.85. The Kier molecular flexibility index (Phi) is 6.37. The molecule has 0 aliphatic heterocycles. The van der Waals surface area contributed by atoms with Crippen LogP contribution in [0.5, 0.6) is 5.75 Å². The Balaban J connectivity index is 1.38. The molecule has 0 atom stereocenters. The highest BCUT2D eigenvalue weighted by molar-refractivity contribution is 5.91. The van der Waals surface area contributed by atoms with Crippen molar-refractivity contribution >= 4 is 5.97 Å². The normalized spacial score (nSPS) is 18.2. The molecule has 156 valence electrons. The molecule has 2 aromatic carbocycles. The first-order valence-electron chi connectivity index (χ1n) is 10.8. The smallest absolute Gasteiger partial charge is 0.343 e. The van der Waals surface area contributed by atoms with Crippen LogP contribution < -0.4 is 4.74 Å². The van der Waals surface area contributed by atoms with Crippen LogP contribution in [-0.4, -0.2) is 15.9 Å². The summed E-state index contributed by atoms with van der Waals surface area (Å²) in [4.78, 5) is 21.4. The van der Waals surface area contributed by atoms with E-state index in [-0.39, 0.29) is 0 Å². The Bertz CT molecular complexity index is 1060. The van der Waals surface area contributed by atoms with Crippen molar-refractivity contribution in [3.8, 4) is 23.2 Å². The molecule has 1 aliphatic carbocycles. The highest BCUT2D eigenvalue weighted by atomic mass is 16.5. The van der Waals surface area contributed by atoms with E-state index in [1.807, 2.05) is 30.6 Å². The van der Waals surface area contributed by atoms with E-state index in [9.17, 15) is 4.79 Å². The number of hydrogen-bond donors (Lipinski definition) is 0. The SMILES string of the molecule is CCC1CCC(c2cnc(-c3ccc(OC(=O)c4ccc(C#N)cc4)cc3)nc2)CC1. The minimum absolute atomic E-state index is 0.398. The summed E-state index contributed by atoms with van der Waals surface area (Å²) in [5.41, 5.74) is 3.00. The first-order chi connectivity index (χ1) is 15.2. The summed E-state index contributed by atoms with van der Waals surface area (Å²) in [6, 6.07) is 15.6. The van der Waals surface area contributed by atoms with Crippen molar-refractivity contribution < 1.29 is 9.53 Å². The number of carbonyl (C=O) groups is 1. The highest BCUT2D eigenvalue weighted by Crippen LogP contribution is 2.36. The minimum atomic E-state index is -0.462. The zero-order valence-electron chi connectivity index (χ0n) is 17.6. The third-order valence-corrected chi connectivity index (χ3v) is 6.14. The van der Waals surface area contributed by atoms with Gasteiger partial charge in [0.2, 0.25) is 0 Å². The Morgan fingerprint density at radius 3 is 2.23 bits per heavy atom. The van der Waals surface area contributed by atoms with Gasteiger partial charge in [-0.2, -0.15) is 5.26 Å². The average Bonchev–Trinajstić information content (AvgIpc) is 2.85. The fraction of sp³-hybridized carbons (Fsp3) is 0.308. The van der Waals surface area contributed by atoms with Gasteiger partial charge in [0.1, 0.15) is 5.75 Å². The fourth-order valence-corrected chi connectivity index (χ4v) is 4.12. The maximum atomic E-state index is 12.3. The van der Waals surface area contributed by atoms with E-state index in [1.54, 1.807) is 36.4 Å². The molecule has 5 nitrogen and oxygen atoms in total. The number of esters is 1. The summed E-state index contributed by atoms with van der Waals surface area (Å²) < 4.78 is 5.42. The molecule has 3 aromatic rings. The summed E-state index contributed by atoms with van der Waals surface area (Å²) in [6.45, 7) is 2.28. The van der Waals surface area contributed by atoms with Crippen molar-refractivity contribution in [3.05, 3.63) is 77.6 Å². The molecule has 1 saturated carbocycles. The standard InChI is InChI=1S/C26H25N3O2/c1-2-18-3-7-20(8-4-18)23-16-28-25(29-17-23)21-11-13-24(14-12-21)31-26(30)22-9-5-19(15-27)6-10-22/h5-6,9-14,16-18,20H,2-4,7-8H2,1H3. The molecular formula is C26H25N3O2. The maximum Gasteiger partial charge on any atom is 0.343 e. The van der Waals surface area contributed by atoms with Crippen LogP contribution in [0.1, 0.15) is 66.4 Å². The average molecular weight is 412 g/mol. The molecule has 0 bridgehead atoms. The van der Waals surface area contributed by atoms with Crippen molar-refractivity contribution in [1.82, 2.24) is 9.97 Å². The molecule has 1 heterocycles. The molecule has 5 heteroatoms. The van der Waals surface area contributed by atoms with Crippen LogP contribution in [0.4, 0.5) is 0 Å². The van der Waals surface area contributed by atoms with E-state index in [0.717, 1.165) is 11.5 Å². The molecule has 4 rings (SSSR count). The third kappa shape index (κ3) is 4.97. The predicted octanol–water partition coefficient (Wildman–Crippen LogP) is 5.92. The molecular weight excluding hydrogens is 386 g/mol. The number of benzene rings is 2. The summed E-state index contributed by atoms with van der Waals surface area (Å²) in [7, 11) is 0. The quantitative estimate of drug-likeness (QED) is 0.385. The van der Waals surface area contributed by atoms with E-state index in [1.165, 1.54) is 37.7 Å². The molecule has 31 heavy (non-hydrogen) atoms. The summed E-state index contributed by atoms with van der Waals surface area (Å²) in [6.07, 6.45) is 10.2. The second-order valence-corrected chi connectivity index (χ2v) is 8.07. The van der Waals surface area contributed by atoms with Gasteiger partial charge in [-0.15, -0.1) is 0 Å². The lowest BCUT2D eigenvalue weighted by Gasteiger charge is -2.27. The molecule has 0 N–H and O–H groups in total. The van der Waals surface area contributed by atoms with Crippen LogP contribution in [0, 0.1) is 17.2 Å². The van der Waals surface area contributed by atoms with Gasteiger partial charge in [-0.1, -0.05) is 13.3 Å². The zero-order valence-corrected chi connectivity index (χ0v) is 17.6. The monoisotopic (exact) mass is 411 g/mol. The Labute approximate surface area is 182 Å². The second-order valence-electron chi connectivity index (χ2n) is 8.07. The molecule has 1 fully saturated rings. The van der Waals surface area contributed by atoms with E-state index in [0.29, 0.717) is 28.6 Å². The van der Waals surface area contributed by atoms with E-state index in [2.05, 4.69) is 16.9 Å². The number of aromatic nitrogens is 2. The third-order valence-electron chi connectivity index (χ3n) is 6.14. The fourth-order valence-electron chi connectivity index (χ4n) is 4.12. The van der Waals surface area contributed by atoms with Crippen LogP contribution in [0.25, 0.3) is 11.4 Å². The number of nitrogens with zero attached hydrogens (tertiary/aromatic N) is 3. The van der Waals surface area contributed by atoms with Crippen LogP contribution in [0.15, 0.2) is 60.9 Å². The first kappa shape index (κ1) is 20.7. The van der Waals surface area contributed by atoms with Gasteiger partial charge in [0.15, 0.2) is 5.82 Å². The van der Waals surface area contributed by atoms with E-state index < -0.39 is 5.97 Å². The van der Waals surface area contributed by atoms with Gasteiger partial charge < -0.3 is 4.74 Å². The van der Waals surface area contributed by atoms with Crippen LogP contribution in [0.2, 0.25) is 0 Å². The van der Waals surface area contributed by atoms with Crippen LogP contribution in [-0.2, 0) is 0 Å². The maximum absolute atomic E-state index is 12.3. The summed E-state index contributed by atoms with van der Waals surface area (Å²) >= 11 is 0. The number of hydrogen-bond acceptors (Lipinski definition) is 5. The highest BCUT2D eigenvalue weighted by Gasteiger charge is 2.21. The lowest BCUT2D eigenvalue weighted by molar-refractivity contribution is 0.0735. The largest absolute Gasteiger partial charge is 0.423 e. The lowest BCUT2D eigenvalue weighted by atomic mass is 9.78. The van der Waals surface area contributed by atoms with Crippen molar-refractivity contribution in [2.45, 2.75) is 44.9 Å². The Morgan fingerprint density at radius 2 is 1.65 bits per heavy atom. The predicted molar refractivity (Wildman–Crippen MR) is 119 cm³/mol. The zero-order chi connectivity index (χ0) is 21.6. The van der Waals surface area contributed by atoms with Gasteiger partial charge in [-0.3, -0.25) is 0 Å². The molecule has 0 unspecified atom stereocenters. The van der Waals surface area contributed by atoms with Crippen molar-refractivity contribution in [2.75, 3.05) is 0 Å². The van der Waals surface area contributed by atoms with Gasteiger partial charge in [-0.25, -0.2) is 14.8 Å². The molecule has 0 spiro atoms. The topological polar surface area (TPSA) is 75.9 Å². The number of nitriles is 1. The molecule has 0 saturated heterocycles. The van der Waals surface area contributed by atoms with Crippen LogP contribution in [0.3, 0.4) is 0 Å². The molecule has 1 aliphatic rings. The lowest BCUT2D eigenvalue weighted by Crippen LogP contribution is -2.13. The Morgan fingerprint density at radius 1 is 1.00 bits per heavy atom. The van der Waals surface area contributed by atoms with E-state index in [4.69, 9.17) is 10.00 Å². The van der Waals surface area contributed by atoms with Crippen molar-refractivity contribution in [1.29, 1.82) is 5.26 Å². The van der Waals surface area contributed by atoms with Crippen molar-refractivity contribution in [2.24, 2.45) is 5.92 Å². The summed E-state index contributed by atoms with van der Waals surface area (Å²) in [5.74, 6) is 2.09. The van der Waals surface area contributed by atoms with Gasteiger partial charge in [0.05, 0.1) is 17.2 Å². The van der Waals surface area contributed by atoms with E-state index >= 15 is 0 Å². The number of carbonyl (C=O) groups excluding carboxylic acids is 1. The van der Waals surface area contributed by atoms with Crippen molar-refractivity contribution in [3.63, 3.8) is 0 Å². The van der Waals surface area contributed by atoms with Gasteiger partial charge in [0.25, 0.3) is 0 Å². The molecule has 0 radical (unpaired) electrons. The minimum Gasteiger partial charge on any atom is -0.423 e. The molecule has 0 amide bonds. The molecule has 1 aromatic heterocycles. The first-order valence-corrected chi connectivity index (χ1v) is 10.8. The van der Waals surface area contributed by atoms with Gasteiger partial charge in [0, 0.05) is 18.0 Å². The number of ether oxygens (including phenoxy) is 1. The van der Waals surface area contributed by atoms with Gasteiger partial charge >= 0.3 is 5.97 Å². The Hall–Kier alpha value is -3.52. The van der Waals surface area contributed by atoms with Crippen LogP contribution >= 0.6 is 0 Å².